The highest BCUT2D eigenvalue weighted by Crippen LogP contribution is 2.10. The fourth-order valence-corrected chi connectivity index (χ4v) is 1.33. The van der Waals surface area contributed by atoms with E-state index in [2.05, 4.69) is 5.32 Å². The van der Waals surface area contributed by atoms with Crippen molar-refractivity contribution in [2.24, 2.45) is 0 Å². The zero-order chi connectivity index (χ0) is 13.8. The van der Waals surface area contributed by atoms with Gasteiger partial charge in [0, 0.05) is 10.6 Å². The fourth-order valence-electron chi connectivity index (χ4n) is 1.20. The number of alkyl carbamates (subject to hydrolysis) is 1. The molecule has 0 bridgehead atoms. The van der Waals surface area contributed by atoms with Gasteiger partial charge in [-0.25, -0.2) is 4.79 Å². The minimum Gasteiger partial charge on any atom is -0.444 e. The van der Waals surface area contributed by atoms with Gasteiger partial charge >= 0.3 is 6.09 Å². The summed E-state index contributed by atoms with van der Waals surface area (Å²) in [6.45, 7) is 5.17. The van der Waals surface area contributed by atoms with Gasteiger partial charge in [0.2, 0.25) is 0 Å². The molecule has 0 spiro atoms. The molecule has 5 heteroatoms. The molecule has 0 fully saturated rings. The van der Waals surface area contributed by atoms with Gasteiger partial charge in [0.15, 0.2) is 5.78 Å². The molecular formula is C13H16ClNO3. The van der Waals surface area contributed by atoms with Crippen LogP contribution in [0, 0.1) is 0 Å². The number of rotatable bonds is 3. The van der Waals surface area contributed by atoms with Gasteiger partial charge in [0.1, 0.15) is 5.60 Å². The minimum absolute atomic E-state index is 0.101. The highest BCUT2D eigenvalue weighted by molar-refractivity contribution is 6.30. The van der Waals surface area contributed by atoms with Crippen molar-refractivity contribution >= 4 is 23.5 Å². The van der Waals surface area contributed by atoms with Crippen molar-refractivity contribution in [3.63, 3.8) is 0 Å². The molecule has 0 unspecified atom stereocenters. The van der Waals surface area contributed by atoms with Crippen LogP contribution in [-0.2, 0) is 4.74 Å². The van der Waals surface area contributed by atoms with Crippen LogP contribution in [0.3, 0.4) is 0 Å². The molecule has 0 saturated heterocycles. The van der Waals surface area contributed by atoms with E-state index >= 15 is 0 Å². The van der Waals surface area contributed by atoms with Crippen molar-refractivity contribution < 1.29 is 14.3 Å². The molecular weight excluding hydrogens is 254 g/mol. The lowest BCUT2D eigenvalue weighted by molar-refractivity contribution is 0.0520. The number of nitrogens with one attached hydrogen (secondary N) is 1. The maximum Gasteiger partial charge on any atom is 0.408 e. The number of benzene rings is 1. The van der Waals surface area contributed by atoms with Gasteiger partial charge in [-0.3, -0.25) is 4.79 Å². The average molecular weight is 270 g/mol. The standard InChI is InChI=1S/C13H16ClNO3/c1-13(2,3)18-12(17)15-8-11(16)9-4-6-10(14)7-5-9/h4-7H,8H2,1-3H3,(H,15,17). The summed E-state index contributed by atoms with van der Waals surface area (Å²) in [5, 5.41) is 2.97. The van der Waals surface area contributed by atoms with E-state index < -0.39 is 11.7 Å². The van der Waals surface area contributed by atoms with E-state index in [1.54, 1.807) is 45.0 Å². The maximum absolute atomic E-state index is 11.7. The molecule has 0 saturated carbocycles. The number of ether oxygens (including phenoxy) is 1. The first-order valence-corrected chi connectivity index (χ1v) is 5.91. The summed E-state index contributed by atoms with van der Waals surface area (Å²) in [5.74, 6) is -0.197. The van der Waals surface area contributed by atoms with Crippen LogP contribution in [-0.4, -0.2) is 24.0 Å². The van der Waals surface area contributed by atoms with Crippen molar-refractivity contribution in [2.45, 2.75) is 26.4 Å². The van der Waals surface area contributed by atoms with Crippen LogP contribution in [0.5, 0.6) is 0 Å². The molecule has 0 atom stereocenters. The Labute approximate surface area is 111 Å². The van der Waals surface area contributed by atoms with Crippen LogP contribution in [0.4, 0.5) is 4.79 Å². The minimum atomic E-state index is -0.607. The second-order valence-electron chi connectivity index (χ2n) is 4.79. The van der Waals surface area contributed by atoms with Crippen LogP contribution in [0.25, 0.3) is 0 Å². The number of hydrogen-bond donors (Lipinski definition) is 1. The molecule has 98 valence electrons. The molecule has 1 amide bonds. The maximum atomic E-state index is 11.7. The molecule has 4 nitrogen and oxygen atoms in total. The number of carbonyl (C=O) groups is 2. The van der Waals surface area contributed by atoms with Gasteiger partial charge in [0.25, 0.3) is 0 Å². The Bertz CT molecular complexity index is 435. The number of Topliss-reactive ketones (excluding diaryl/α,β-unsaturated/α-hetero) is 1. The van der Waals surface area contributed by atoms with Crippen molar-refractivity contribution in [2.75, 3.05) is 6.54 Å². The van der Waals surface area contributed by atoms with Crippen molar-refractivity contribution in [3.8, 4) is 0 Å². The summed E-state index contributed by atoms with van der Waals surface area (Å²) in [6, 6.07) is 6.48. The van der Waals surface area contributed by atoms with Crippen LogP contribution in [0.1, 0.15) is 31.1 Å². The molecule has 1 rings (SSSR count). The Morgan fingerprint density at radius 1 is 1.22 bits per heavy atom. The van der Waals surface area contributed by atoms with Gasteiger partial charge in [-0.1, -0.05) is 11.6 Å². The molecule has 0 aliphatic carbocycles. The lowest BCUT2D eigenvalue weighted by Gasteiger charge is -2.19. The van der Waals surface area contributed by atoms with E-state index in [0.717, 1.165) is 0 Å². The van der Waals surface area contributed by atoms with Gasteiger partial charge in [-0.05, 0) is 45.0 Å². The predicted molar refractivity (Wildman–Crippen MR) is 70.0 cm³/mol. The monoisotopic (exact) mass is 269 g/mol. The summed E-state index contributed by atoms with van der Waals surface area (Å²) >= 11 is 5.72. The summed E-state index contributed by atoms with van der Waals surface area (Å²) in [6.07, 6.45) is -0.607. The van der Waals surface area contributed by atoms with E-state index in [1.807, 2.05) is 0 Å². The number of carbonyl (C=O) groups excluding carboxylic acids is 2. The molecule has 1 aromatic rings. The first-order valence-electron chi connectivity index (χ1n) is 5.53. The van der Waals surface area contributed by atoms with Gasteiger partial charge in [0.05, 0.1) is 6.54 Å². The highest BCUT2D eigenvalue weighted by Gasteiger charge is 2.16. The van der Waals surface area contributed by atoms with Gasteiger partial charge in [-0.15, -0.1) is 0 Å². The van der Waals surface area contributed by atoms with Crippen molar-refractivity contribution in [3.05, 3.63) is 34.9 Å². The molecule has 0 aromatic heterocycles. The number of hydrogen-bond acceptors (Lipinski definition) is 3. The van der Waals surface area contributed by atoms with E-state index in [4.69, 9.17) is 16.3 Å². The molecule has 0 heterocycles. The van der Waals surface area contributed by atoms with E-state index in [0.29, 0.717) is 10.6 Å². The Hall–Kier alpha value is -1.55. The molecule has 0 radical (unpaired) electrons. The SMILES string of the molecule is CC(C)(C)OC(=O)NCC(=O)c1ccc(Cl)cc1. The van der Waals surface area contributed by atoms with Crippen LogP contribution in [0.15, 0.2) is 24.3 Å². The molecule has 18 heavy (non-hydrogen) atoms. The number of ketones is 1. The van der Waals surface area contributed by atoms with E-state index in [-0.39, 0.29) is 12.3 Å². The van der Waals surface area contributed by atoms with Crippen LogP contribution >= 0.6 is 11.6 Å². The second-order valence-corrected chi connectivity index (χ2v) is 5.22. The Morgan fingerprint density at radius 2 is 1.78 bits per heavy atom. The quantitative estimate of drug-likeness (QED) is 0.858. The fraction of sp³-hybridized carbons (Fsp3) is 0.385. The average Bonchev–Trinajstić information content (AvgIpc) is 2.24. The third kappa shape index (κ3) is 5.19. The lowest BCUT2D eigenvalue weighted by Crippen LogP contribution is -2.35. The number of halogens is 1. The van der Waals surface area contributed by atoms with Gasteiger partial charge in [-0.2, -0.15) is 0 Å². The largest absolute Gasteiger partial charge is 0.444 e. The summed E-state index contributed by atoms with van der Waals surface area (Å²) in [4.78, 5) is 23.1. The Balaban J connectivity index is 2.47. The third-order valence-corrected chi connectivity index (χ3v) is 2.21. The van der Waals surface area contributed by atoms with E-state index in [1.165, 1.54) is 0 Å². The Kier molecular flexibility index (Phi) is 4.73. The summed E-state index contributed by atoms with van der Waals surface area (Å²) in [5.41, 5.74) is -0.0802. The van der Waals surface area contributed by atoms with Crippen LogP contribution < -0.4 is 5.32 Å². The van der Waals surface area contributed by atoms with E-state index in [9.17, 15) is 9.59 Å². The highest BCUT2D eigenvalue weighted by atomic mass is 35.5. The van der Waals surface area contributed by atoms with Crippen molar-refractivity contribution in [1.82, 2.24) is 5.32 Å². The first-order chi connectivity index (χ1) is 8.28. The van der Waals surface area contributed by atoms with Gasteiger partial charge < -0.3 is 10.1 Å². The van der Waals surface area contributed by atoms with Crippen LogP contribution in [0.2, 0.25) is 5.02 Å². The lowest BCUT2D eigenvalue weighted by atomic mass is 10.1. The molecule has 1 aromatic carbocycles. The summed E-state index contributed by atoms with van der Waals surface area (Å²) < 4.78 is 5.02. The third-order valence-electron chi connectivity index (χ3n) is 1.96. The zero-order valence-corrected chi connectivity index (χ0v) is 11.4. The summed E-state index contributed by atoms with van der Waals surface area (Å²) in [7, 11) is 0. The topological polar surface area (TPSA) is 55.4 Å². The smallest absolute Gasteiger partial charge is 0.408 e. The second kappa shape index (κ2) is 5.87. The van der Waals surface area contributed by atoms with Crippen molar-refractivity contribution in [1.29, 1.82) is 0 Å². The predicted octanol–water partition coefficient (Wildman–Crippen LogP) is 3.05. The number of amides is 1. The Morgan fingerprint density at radius 3 is 2.28 bits per heavy atom. The normalized spacial score (nSPS) is 10.9. The molecule has 0 aliphatic rings. The molecule has 1 N–H and O–H groups in total. The zero-order valence-electron chi connectivity index (χ0n) is 10.6. The first kappa shape index (κ1) is 14.5. The molecule has 0 aliphatic heterocycles.